The Labute approximate surface area is 86.0 Å². The van der Waals surface area contributed by atoms with E-state index >= 15 is 0 Å². The summed E-state index contributed by atoms with van der Waals surface area (Å²) in [6.07, 6.45) is 3.32. The molecular formula is C10H10O3S. The molecule has 1 fully saturated rings. The Morgan fingerprint density at radius 2 is 2.64 bits per heavy atom. The topological polar surface area (TPSA) is 38.8 Å². The van der Waals surface area contributed by atoms with Crippen molar-refractivity contribution in [3.8, 4) is 0 Å². The van der Waals surface area contributed by atoms with Crippen LogP contribution in [0.25, 0.3) is 6.08 Å². The van der Waals surface area contributed by atoms with Crippen LogP contribution in [0.15, 0.2) is 23.6 Å². The van der Waals surface area contributed by atoms with Crippen molar-refractivity contribution in [2.24, 2.45) is 0 Å². The summed E-state index contributed by atoms with van der Waals surface area (Å²) < 4.78 is 9.83. The van der Waals surface area contributed by atoms with E-state index in [0.29, 0.717) is 13.2 Å². The van der Waals surface area contributed by atoms with Crippen LogP contribution in [0.1, 0.15) is 4.88 Å². The molecule has 1 saturated heterocycles. The third-order valence-corrected chi connectivity index (χ3v) is 2.58. The van der Waals surface area contributed by atoms with Gasteiger partial charge in [0.15, 0.2) is 0 Å². The lowest BCUT2D eigenvalue weighted by Gasteiger charge is -1.96. The molecule has 1 aromatic rings. The Balaban J connectivity index is 1.75. The third-order valence-electron chi connectivity index (χ3n) is 1.74. The maximum absolute atomic E-state index is 11.1. The molecule has 0 aliphatic carbocycles. The number of esters is 1. The molecule has 0 radical (unpaired) electrons. The highest BCUT2D eigenvalue weighted by Gasteiger charge is 2.23. The lowest BCUT2D eigenvalue weighted by atomic mass is 10.4. The van der Waals surface area contributed by atoms with Crippen molar-refractivity contribution in [3.05, 3.63) is 28.5 Å². The normalized spacial score (nSPS) is 19.9. The minimum atomic E-state index is -0.311. The number of carbonyl (C=O) groups is 1. The van der Waals surface area contributed by atoms with Gasteiger partial charge in [-0.15, -0.1) is 11.3 Å². The first-order chi connectivity index (χ1) is 6.84. The zero-order valence-corrected chi connectivity index (χ0v) is 8.33. The lowest BCUT2D eigenvalue weighted by molar-refractivity contribution is -0.138. The van der Waals surface area contributed by atoms with Crippen LogP contribution >= 0.6 is 11.3 Å². The van der Waals surface area contributed by atoms with E-state index < -0.39 is 0 Å². The summed E-state index contributed by atoms with van der Waals surface area (Å²) in [7, 11) is 0. The number of carbonyl (C=O) groups excluding carboxylic acids is 1. The monoisotopic (exact) mass is 210 g/mol. The predicted octanol–water partition coefficient (Wildman–Crippen LogP) is 1.70. The first-order valence-electron chi connectivity index (χ1n) is 4.34. The number of rotatable bonds is 4. The quantitative estimate of drug-likeness (QED) is 0.431. The molecule has 0 N–H and O–H groups in total. The van der Waals surface area contributed by atoms with Crippen LogP contribution in [-0.2, 0) is 14.3 Å². The second kappa shape index (κ2) is 4.39. The van der Waals surface area contributed by atoms with Crippen molar-refractivity contribution in [1.29, 1.82) is 0 Å². The van der Waals surface area contributed by atoms with Crippen LogP contribution in [0.3, 0.4) is 0 Å². The Hall–Kier alpha value is -1.13. The first kappa shape index (κ1) is 9.43. The van der Waals surface area contributed by atoms with Gasteiger partial charge in [-0.3, -0.25) is 0 Å². The van der Waals surface area contributed by atoms with Crippen molar-refractivity contribution < 1.29 is 14.3 Å². The van der Waals surface area contributed by atoms with Gasteiger partial charge >= 0.3 is 5.97 Å². The highest BCUT2D eigenvalue weighted by molar-refractivity contribution is 7.10. The first-order valence-corrected chi connectivity index (χ1v) is 5.22. The van der Waals surface area contributed by atoms with Crippen LogP contribution in [0.2, 0.25) is 0 Å². The molecule has 1 aromatic heterocycles. The van der Waals surface area contributed by atoms with Crippen LogP contribution in [0.5, 0.6) is 0 Å². The van der Waals surface area contributed by atoms with Gasteiger partial charge in [-0.2, -0.15) is 0 Å². The van der Waals surface area contributed by atoms with Gasteiger partial charge in [-0.1, -0.05) is 6.07 Å². The highest BCUT2D eigenvalue weighted by Crippen LogP contribution is 2.11. The number of hydrogen-bond acceptors (Lipinski definition) is 4. The highest BCUT2D eigenvalue weighted by atomic mass is 32.1. The Morgan fingerprint density at radius 1 is 1.79 bits per heavy atom. The molecule has 0 amide bonds. The van der Waals surface area contributed by atoms with Crippen LogP contribution < -0.4 is 0 Å². The van der Waals surface area contributed by atoms with Gasteiger partial charge in [0.25, 0.3) is 0 Å². The molecule has 4 heteroatoms. The van der Waals surface area contributed by atoms with Gasteiger partial charge in [0, 0.05) is 11.0 Å². The Bertz CT molecular complexity index is 325. The maximum Gasteiger partial charge on any atom is 0.330 e. The molecule has 0 spiro atoms. The second-order valence-corrected chi connectivity index (χ2v) is 3.91. The van der Waals surface area contributed by atoms with Gasteiger partial charge in [0.1, 0.15) is 12.7 Å². The van der Waals surface area contributed by atoms with Gasteiger partial charge < -0.3 is 9.47 Å². The average Bonchev–Trinajstić information content (AvgIpc) is 2.87. The number of hydrogen-bond donors (Lipinski definition) is 0. The zero-order valence-electron chi connectivity index (χ0n) is 7.51. The summed E-state index contributed by atoms with van der Waals surface area (Å²) in [6.45, 7) is 1.08. The van der Waals surface area contributed by atoms with Crippen molar-refractivity contribution in [3.63, 3.8) is 0 Å². The van der Waals surface area contributed by atoms with E-state index in [1.165, 1.54) is 6.08 Å². The fourth-order valence-electron chi connectivity index (χ4n) is 0.924. The standard InChI is InChI=1S/C10H10O3S/c11-10(13-7-8-6-12-8)4-3-9-2-1-5-14-9/h1-5,8H,6-7H2. The molecule has 0 saturated carbocycles. The summed E-state index contributed by atoms with van der Waals surface area (Å²) in [5, 5.41) is 1.96. The number of epoxide rings is 1. The van der Waals surface area contributed by atoms with Crippen molar-refractivity contribution in [2.75, 3.05) is 13.2 Å². The summed E-state index contributed by atoms with van der Waals surface area (Å²) >= 11 is 1.58. The van der Waals surface area contributed by atoms with E-state index in [-0.39, 0.29) is 12.1 Å². The van der Waals surface area contributed by atoms with Gasteiger partial charge in [0.2, 0.25) is 0 Å². The number of ether oxygens (including phenoxy) is 2. The van der Waals surface area contributed by atoms with Crippen LogP contribution in [-0.4, -0.2) is 25.3 Å². The fourth-order valence-corrected chi connectivity index (χ4v) is 1.54. The lowest BCUT2D eigenvalue weighted by Crippen LogP contribution is -2.06. The molecule has 2 rings (SSSR count). The predicted molar refractivity (Wildman–Crippen MR) is 54.1 cm³/mol. The van der Waals surface area contributed by atoms with E-state index in [1.807, 2.05) is 17.5 Å². The van der Waals surface area contributed by atoms with Crippen molar-refractivity contribution in [2.45, 2.75) is 6.10 Å². The molecule has 2 heterocycles. The molecule has 0 aromatic carbocycles. The van der Waals surface area contributed by atoms with Gasteiger partial charge in [-0.05, 0) is 17.5 Å². The minimum Gasteiger partial charge on any atom is -0.460 e. The average molecular weight is 210 g/mol. The summed E-state index contributed by atoms with van der Waals surface area (Å²) in [5.74, 6) is -0.311. The molecule has 3 nitrogen and oxygen atoms in total. The van der Waals surface area contributed by atoms with E-state index in [0.717, 1.165) is 4.88 Å². The Morgan fingerprint density at radius 3 is 3.29 bits per heavy atom. The van der Waals surface area contributed by atoms with Gasteiger partial charge in [-0.25, -0.2) is 4.79 Å². The molecule has 74 valence electrons. The smallest absolute Gasteiger partial charge is 0.330 e. The summed E-state index contributed by atoms with van der Waals surface area (Å²) in [4.78, 5) is 12.2. The fraction of sp³-hybridized carbons (Fsp3) is 0.300. The number of thiophene rings is 1. The largest absolute Gasteiger partial charge is 0.460 e. The zero-order chi connectivity index (χ0) is 9.80. The third kappa shape index (κ3) is 2.97. The molecule has 1 aliphatic rings. The van der Waals surface area contributed by atoms with Gasteiger partial charge in [0.05, 0.1) is 6.61 Å². The second-order valence-electron chi connectivity index (χ2n) is 2.93. The van der Waals surface area contributed by atoms with E-state index in [4.69, 9.17) is 9.47 Å². The van der Waals surface area contributed by atoms with Crippen LogP contribution in [0, 0.1) is 0 Å². The molecule has 1 aliphatic heterocycles. The molecule has 1 unspecified atom stereocenters. The van der Waals surface area contributed by atoms with E-state index in [1.54, 1.807) is 17.4 Å². The molecule has 1 atom stereocenters. The molecule has 0 bridgehead atoms. The van der Waals surface area contributed by atoms with E-state index in [2.05, 4.69) is 0 Å². The molecular weight excluding hydrogens is 200 g/mol. The minimum absolute atomic E-state index is 0.133. The van der Waals surface area contributed by atoms with E-state index in [9.17, 15) is 4.79 Å². The molecule has 14 heavy (non-hydrogen) atoms. The summed E-state index contributed by atoms with van der Waals surface area (Å²) in [5.41, 5.74) is 0. The van der Waals surface area contributed by atoms with Crippen LogP contribution in [0.4, 0.5) is 0 Å². The summed E-state index contributed by atoms with van der Waals surface area (Å²) in [6, 6.07) is 3.88. The maximum atomic E-state index is 11.1. The van der Waals surface area contributed by atoms with Crippen molar-refractivity contribution in [1.82, 2.24) is 0 Å². The SMILES string of the molecule is O=C(C=Cc1cccs1)OCC1CO1. The van der Waals surface area contributed by atoms with Crippen molar-refractivity contribution >= 4 is 23.4 Å². The Kier molecular flexibility index (Phi) is 2.96.